The first-order chi connectivity index (χ1) is 17.9. The molecule has 0 bridgehead atoms. The van der Waals surface area contributed by atoms with Crippen molar-refractivity contribution in [2.45, 2.75) is 39.4 Å². The van der Waals surface area contributed by atoms with Crippen molar-refractivity contribution >= 4 is 39.9 Å². The lowest BCUT2D eigenvalue weighted by molar-refractivity contribution is 0.0749. The summed E-state index contributed by atoms with van der Waals surface area (Å²) in [6.45, 7) is 3.56. The molecule has 2 amide bonds. The Morgan fingerprint density at radius 3 is 2.78 bits per heavy atom. The Morgan fingerprint density at radius 1 is 1.11 bits per heavy atom. The summed E-state index contributed by atoms with van der Waals surface area (Å²) in [5.41, 5.74) is 4.84. The number of hydrogen-bond acceptors (Lipinski definition) is 8. The van der Waals surface area contributed by atoms with E-state index < -0.39 is 0 Å². The number of nitrogens with zero attached hydrogens (tertiary/aromatic N) is 6. The maximum absolute atomic E-state index is 13.3. The van der Waals surface area contributed by atoms with Gasteiger partial charge in [-0.25, -0.2) is 9.97 Å². The molecule has 0 aromatic carbocycles. The number of carbonyl (C=O) groups is 2. The lowest BCUT2D eigenvalue weighted by Gasteiger charge is -2.15. The van der Waals surface area contributed by atoms with Gasteiger partial charge in [0.1, 0.15) is 10.9 Å². The van der Waals surface area contributed by atoms with Gasteiger partial charge in [-0.2, -0.15) is 5.10 Å². The molecule has 0 saturated carbocycles. The van der Waals surface area contributed by atoms with Crippen LogP contribution in [0.4, 0.5) is 5.13 Å². The van der Waals surface area contributed by atoms with Crippen molar-refractivity contribution in [2.24, 2.45) is 0 Å². The summed E-state index contributed by atoms with van der Waals surface area (Å²) in [6.07, 6.45) is 6.60. The van der Waals surface area contributed by atoms with E-state index in [-0.39, 0.29) is 17.0 Å². The van der Waals surface area contributed by atoms with Crippen molar-refractivity contribution in [3.05, 3.63) is 69.0 Å². The first kappa shape index (κ1) is 23.6. The summed E-state index contributed by atoms with van der Waals surface area (Å²) in [6, 6.07) is 3.47. The molecule has 2 aliphatic rings. The summed E-state index contributed by atoms with van der Waals surface area (Å²) in [7, 11) is 1.54. The van der Waals surface area contributed by atoms with Crippen LogP contribution >= 0.6 is 22.9 Å². The van der Waals surface area contributed by atoms with E-state index in [9.17, 15) is 9.59 Å². The van der Waals surface area contributed by atoms with Gasteiger partial charge < -0.3 is 9.64 Å². The molecule has 37 heavy (non-hydrogen) atoms. The zero-order valence-corrected chi connectivity index (χ0v) is 21.7. The molecule has 0 spiro atoms. The number of nitrogens with one attached hydrogen (secondary N) is 1. The zero-order chi connectivity index (χ0) is 25.7. The second kappa shape index (κ2) is 9.24. The van der Waals surface area contributed by atoms with E-state index in [0.717, 1.165) is 41.3 Å². The third-order valence-corrected chi connectivity index (χ3v) is 7.76. The average Bonchev–Trinajstić information content (AvgIpc) is 3.64. The molecule has 0 atom stereocenters. The van der Waals surface area contributed by atoms with Gasteiger partial charge >= 0.3 is 0 Å². The first-order valence-electron chi connectivity index (χ1n) is 11.7. The van der Waals surface area contributed by atoms with Gasteiger partial charge in [-0.1, -0.05) is 22.9 Å². The molecule has 2 aliphatic heterocycles. The normalized spacial score (nSPS) is 14.0. The van der Waals surface area contributed by atoms with Crippen LogP contribution in [0.25, 0.3) is 11.1 Å². The Labute approximate surface area is 221 Å². The Balaban J connectivity index is 1.21. The van der Waals surface area contributed by atoms with Crippen LogP contribution in [0, 0.1) is 6.92 Å². The summed E-state index contributed by atoms with van der Waals surface area (Å²) in [5.74, 6) is 0.110. The number of methoxy groups -OCH3 is 1. The maximum Gasteiger partial charge on any atom is 0.259 e. The average molecular weight is 536 g/mol. The second-order valence-electron chi connectivity index (χ2n) is 8.91. The number of fused-ring (bicyclic) bond motifs is 2. The molecule has 4 aromatic heterocycles. The number of halogens is 1. The summed E-state index contributed by atoms with van der Waals surface area (Å²) in [5, 5.41) is 7.99. The molecule has 1 N–H and O–H groups in total. The van der Waals surface area contributed by atoms with E-state index >= 15 is 0 Å². The first-order valence-corrected chi connectivity index (χ1v) is 12.9. The quantitative estimate of drug-likeness (QED) is 0.382. The molecule has 0 fully saturated rings. The van der Waals surface area contributed by atoms with E-state index in [1.54, 1.807) is 17.2 Å². The monoisotopic (exact) mass is 535 g/mol. The van der Waals surface area contributed by atoms with E-state index in [4.69, 9.17) is 16.3 Å². The van der Waals surface area contributed by atoms with Crippen LogP contribution in [0.3, 0.4) is 0 Å². The highest BCUT2D eigenvalue weighted by molar-refractivity contribution is 7.16. The predicted molar refractivity (Wildman–Crippen MR) is 138 cm³/mol. The molecule has 4 aromatic rings. The number of rotatable bonds is 5. The molecule has 0 unspecified atom stereocenters. The van der Waals surface area contributed by atoms with Gasteiger partial charge in [0.05, 0.1) is 60.0 Å². The fourth-order valence-corrected chi connectivity index (χ4v) is 5.91. The molecule has 10 nitrogen and oxygen atoms in total. The largest absolute Gasteiger partial charge is 0.494 e. The number of thiazole rings is 1. The Bertz CT molecular complexity index is 1540. The second-order valence-corrected chi connectivity index (χ2v) is 10.4. The topological polar surface area (TPSA) is 115 Å². The van der Waals surface area contributed by atoms with Crippen molar-refractivity contribution in [3.63, 3.8) is 0 Å². The number of anilines is 1. The number of aromatic nitrogens is 5. The standard InChI is InChI=1S/C25H22ClN7O3S/c1-13-6-14(15-7-22(26)28-10-20(15)36-2)16(8-27-13)23(34)31-25-30-18-11-32(12-21(18)37-25)24(35)17-9-29-33-5-3-4-19(17)33/h6-10H,3-5,11-12H2,1-2H3,(H,30,31,34). The number of pyridine rings is 2. The Hall–Kier alpha value is -3.83. The highest BCUT2D eigenvalue weighted by Crippen LogP contribution is 2.36. The van der Waals surface area contributed by atoms with Crippen LogP contribution in [0.15, 0.2) is 30.7 Å². The van der Waals surface area contributed by atoms with Gasteiger partial charge in [0.15, 0.2) is 5.13 Å². The molecule has 188 valence electrons. The van der Waals surface area contributed by atoms with Crippen molar-refractivity contribution in [2.75, 3.05) is 12.4 Å². The van der Waals surface area contributed by atoms with E-state index in [0.29, 0.717) is 46.2 Å². The number of aryl methyl sites for hydroxylation is 2. The predicted octanol–water partition coefficient (Wildman–Crippen LogP) is 4.12. The molecular formula is C25H22ClN7O3S. The summed E-state index contributed by atoms with van der Waals surface area (Å²) < 4.78 is 7.36. The number of hydrogen-bond donors (Lipinski definition) is 1. The van der Waals surface area contributed by atoms with E-state index in [2.05, 4.69) is 25.4 Å². The molecule has 12 heteroatoms. The van der Waals surface area contributed by atoms with Crippen molar-refractivity contribution in [1.82, 2.24) is 29.6 Å². The van der Waals surface area contributed by atoms with Crippen LogP contribution in [-0.2, 0) is 26.1 Å². The van der Waals surface area contributed by atoms with Crippen LogP contribution in [0.1, 0.15) is 49.1 Å². The van der Waals surface area contributed by atoms with Gasteiger partial charge in [-0.05, 0) is 31.9 Å². The smallest absolute Gasteiger partial charge is 0.259 e. The van der Waals surface area contributed by atoms with Crippen molar-refractivity contribution < 1.29 is 14.3 Å². The summed E-state index contributed by atoms with van der Waals surface area (Å²) in [4.78, 5) is 42.1. The molecular weight excluding hydrogens is 514 g/mol. The minimum atomic E-state index is -0.353. The number of ether oxygens (including phenoxy) is 1. The minimum absolute atomic E-state index is 0.0285. The molecule has 6 rings (SSSR count). The van der Waals surface area contributed by atoms with Crippen molar-refractivity contribution in [3.8, 4) is 16.9 Å². The van der Waals surface area contributed by atoms with Gasteiger partial charge in [0, 0.05) is 29.6 Å². The minimum Gasteiger partial charge on any atom is -0.494 e. The van der Waals surface area contributed by atoms with Crippen LogP contribution in [-0.4, -0.2) is 48.6 Å². The van der Waals surface area contributed by atoms with Crippen LogP contribution in [0.2, 0.25) is 5.15 Å². The summed E-state index contributed by atoms with van der Waals surface area (Å²) >= 11 is 7.51. The maximum atomic E-state index is 13.3. The Morgan fingerprint density at radius 2 is 1.97 bits per heavy atom. The fraction of sp³-hybridized carbons (Fsp3) is 0.280. The molecule has 0 saturated heterocycles. The number of carbonyl (C=O) groups excluding carboxylic acids is 2. The van der Waals surface area contributed by atoms with E-state index in [1.807, 2.05) is 17.7 Å². The van der Waals surface area contributed by atoms with E-state index in [1.165, 1.54) is 30.8 Å². The number of amides is 2. The van der Waals surface area contributed by atoms with Crippen LogP contribution in [0.5, 0.6) is 5.75 Å². The third-order valence-electron chi connectivity index (χ3n) is 6.55. The lowest BCUT2D eigenvalue weighted by Crippen LogP contribution is -2.26. The molecule has 6 heterocycles. The lowest BCUT2D eigenvalue weighted by atomic mass is 10.0. The SMILES string of the molecule is COc1cnc(Cl)cc1-c1cc(C)ncc1C(=O)Nc1nc2c(s1)CN(C(=O)c1cnn3c1CCC3)C2. The van der Waals surface area contributed by atoms with Gasteiger partial charge in [0.2, 0.25) is 0 Å². The highest BCUT2D eigenvalue weighted by Gasteiger charge is 2.31. The van der Waals surface area contributed by atoms with Crippen molar-refractivity contribution in [1.29, 1.82) is 0 Å². The third kappa shape index (κ3) is 4.23. The molecule has 0 aliphatic carbocycles. The van der Waals surface area contributed by atoms with Gasteiger partial charge in [-0.15, -0.1) is 0 Å². The van der Waals surface area contributed by atoms with Gasteiger partial charge in [0.25, 0.3) is 11.8 Å². The molecule has 0 radical (unpaired) electrons. The Kier molecular flexibility index (Phi) is 5.88. The highest BCUT2D eigenvalue weighted by atomic mass is 35.5. The van der Waals surface area contributed by atoms with Gasteiger partial charge in [-0.3, -0.25) is 24.6 Å². The van der Waals surface area contributed by atoms with Crippen LogP contribution < -0.4 is 10.1 Å². The fourth-order valence-electron chi connectivity index (χ4n) is 4.77. The zero-order valence-electron chi connectivity index (χ0n) is 20.1.